The maximum absolute atomic E-state index is 8.48. The second-order valence-electron chi connectivity index (χ2n) is 3.04. The molecule has 0 aliphatic heterocycles. The van der Waals surface area contributed by atoms with Crippen molar-refractivity contribution in [1.82, 2.24) is 9.97 Å². The molecule has 6 nitrogen and oxygen atoms in total. The zero-order valence-corrected chi connectivity index (χ0v) is 9.57. The van der Waals surface area contributed by atoms with Crippen molar-refractivity contribution in [3.8, 4) is 0 Å². The van der Waals surface area contributed by atoms with Crippen LogP contribution in [0.5, 0.6) is 0 Å². The third-order valence-electron chi connectivity index (χ3n) is 1.76. The predicted octanol–water partition coefficient (Wildman–Crippen LogP) is 0.523. The fourth-order valence-corrected chi connectivity index (χ4v) is 1.21. The Bertz CT molecular complexity index is 324. The molecular weight excluding hydrogens is 232 g/mol. The lowest BCUT2D eigenvalue weighted by molar-refractivity contribution is 0.0922. The van der Waals surface area contributed by atoms with Crippen LogP contribution in [-0.4, -0.2) is 41.4 Å². The summed E-state index contributed by atoms with van der Waals surface area (Å²) in [6, 6.07) is 0. The molecule has 0 aromatic carbocycles. The number of aliphatic hydroxyl groups excluding tert-OH is 1. The molecular formula is C9H15ClN4O2. The fourth-order valence-electron chi connectivity index (χ4n) is 1.05. The Balaban J connectivity index is 2.23. The highest BCUT2D eigenvalue weighted by atomic mass is 35.5. The SMILES string of the molecule is Nc1ncc(Cl)c(NCCCOCCO)n1. The van der Waals surface area contributed by atoms with Gasteiger partial charge in [-0.25, -0.2) is 4.98 Å². The van der Waals surface area contributed by atoms with Gasteiger partial charge in [0, 0.05) is 13.2 Å². The van der Waals surface area contributed by atoms with E-state index >= 15 is 0 Å². The average molecular weight is 247 g/mol. The van der Waals surface area contributed by atoms with Gasteiger partial charge in [0.15, 0.2) is 0 Å². The molecule has 16 heavy (non-hydrogen) atoms. The smallest absolute Gasteiger partial charge is 0.222 e. The van der Waals surface area contributed by atoms with Gasteiger partial charge in [-0.3, -0.25) is 0 Å². The fraction of sp³-hybridized carbons (Fsp3) is 0.556. The maximum atomic E-state index is 8.48. The number of hydrogen-bond acceptors (Lipinski definition) is 6. The third kappa shape index (κ3) is 4.61. The number of aromatic nitrogens is 2. The molecule has 0 spiro atoms. The molecule has 0 saturated heterocycles. The Morgan fingerprint density at radius 3 is 3.06 bits per heavy atom. The van der Waals surface area contributed by atoms with Gasteiger partial charge in [-0.2, -0.15) is 4.98 Å². The second kappa shape index (κ2) is 7.21. The number of aliphatic hydroxyl groups is 1. The van der Waals surface area contributed by atoms with E-state index in [4.69, 9.17) is 27.2 Å². The summed E-state index contributed by atoms with van der Waals surface area (Å²) < 4.78 is 5.09. The van der Waals surface area contributed by atoms with E-state index in [1.54, 1.807) is 0 Å². The van der Waals surface area contributed by atoms with E-state index in [1.807, 2.05) is 0 Å². The highest BCUT2D eigenvalue weighted by molar-refractivity contribution is 6.32. The quantitative estimate of drug-likeness (QED) is 0.608. The van der Waals surface area contributed by atoms with Gasteiger partial charge in [0.05, 0.1) is 19.4 Å². The van der Waals surface area contributed by atoms with Crippen LogP contribution in [0.25, 0.3) is 0 Å². The molecule has 7 heteroatoms. The molecule has 0 fully saturated rings. The van der Waals surface area contributed by atoms with E-state index in [0.717, 1.165) is 6.42 Å². The molecule has 1 heterocycles. The number of halogens is 1. The van der Waals surface area contributed by atoms with E-state index in [0.29, 0.717) is 30.6 Å². The highest BCUT2D eigenvalue weighted by Gasteiger charge is 2.02. The lowest BCUT2D eigenvalue weighted by Gasteiger charge is -2.07. The maximum Gasteiger partial charge on any atom is 0.222 e. The van der Waals surface area contributed by atoms with Gasteiger partial charge < -0.3 is 20.9 Å². The topological polar surface area (TPSA) is 93.3 Å². The van der Waals surface area contributed by atoms with Crippen molar-refractivity contribution in [1.29, 1.82) is 0 Å². The highest BCUT2D eigenvalue weighted by Crippen LogP contribution is 2.17. The van der Waals surface area contributed by atoms with E-state index in [1.165, 1.54) is 6.20 Å². The zero-order valence-electron chi connectivity index (χ0n) is 8.82. The van der Waals surface area contributed by atoms with Gasteiger partial charge in [-0.05, 0) is 6.42 Å². The van der Waals surface area contributed by atoms with Gasteiger partial charge in [-0.15, -0.1) is 0 Å². The first-order valence-electron chi connectivity index (χ1n) is 4.94. The van der Waals surface area contributed by atoms with Crippen LogP contribution in [0.4, 0.5) is 11.8 Å². The molecule has 1 aromatic rings. The van der Waals surface area contributed by atoms with E-state index in [2.05, 4.69) is 15.3 Å². The van der Waals surface area contributed by atoms with Crippen LogP contribution < -0.4 is 11.1 Å². The summed E-state index contributed by atoms with van der Waals surface area (Å²) >= 11 is 5.85. The Morgan fingerprint density at radius 2 is 2.31 bits per heavy atom. The molecule has 0 aliphatic rings. The number of nitrogen functional groups attached to an aromatic ring is 1. The number of ether oxygens (including phenoxy) is 1. The van der Waals surface area contributed by atoms with Crippen LogP contribution in [0.15, 0.2) is 6.20 Å². The van der Waals surface area contributed by atoms with Crippen molar-refractivity contribution in [3.63, 3.8) is 0 Å². The summed E-state index contributed by atoms with van der Waals surface area (Å²) in [6.45, 7) is 1.65. The summed E-state index contributed by atoms with van der Waals surface area (Å²) in [6.07, 6.45) is 2.24. The van der Waals surface area contributed by atoms with Crippen molar-refractivity contribution in [2.24, 2.45) is 0 Å². The van der Waals surface area contributed by atoms with Crippen molar-refractivity contribution in [3.05, 3.63) is 11.2 Å². The first-order chi connectivity index (χ1) is 7.74. The first-order valence-corrected chi connectivity index (χ1v) is 5.32. The number of nitrogens with one attached hydrogen (secondary N) is 1. The minimum atomic E-state index is 0.0434. The number of nitrogens with zero attached hydrogens (tertiary/aromatic N) is 2. The predicted molar refractivity (Wildman–Crippen MR) is 62.5 cm³/mol. The Morgan fingerprint density at radius 1 is 1.50 bits per heavy atom. The minimum Gasteiger partial charge on any atom is -0.394 e. The number of rotatable bonds is 7. The van der Waals surface area contributed by atoms with E-state index in [9.17, 15) is 0 Å². The van der Waals surface area contributed by atoms with E-state index in [-0.39, 0.29) is 12.6 Å². The molecule has 90 valence electrons. The van der Waals surface area contributed by atoms with Crippen molar-refractivity contribution < 1.29 is 9.84 Å². The summed E-state index contributed by atoms with van der Waals surface area (Å²) in [5.41, 5.74) is 5.42. The molecule has 0 saturated carbocycles. The zero-order chi connectivity index (χ0) is 11.8. The summed E-state index contributed by atoms with van der Waals surface area (Å²) in [5, 5.41) is 11.9. The minimum absolute atomic E-state index is 0.0434. The van der Waals surface area contributed by atoms with Crippen LogP contribution in [0.2, 0.25) is 5.02 Å². The van der Waals surface area contributed by atoms with Gasteiger partial charge in [0.2, 0.25) is 5.95 Å². The molecule has 0 bridgehead atoms. The molecule has 0 radical (unpaired) electrons. The van der Waals surface area contributed by atoms with Crippen molar-refractivity contribution in [2.75, 3.05) is 37.4 Å². The molecule has 1 aromatic heterocycles. The Kier molecular flexibility index (Phi) is 5.84. The van der Waals surface area contributed by atoms with Crippen LogP contribution >= 0.6 is 11.6 Å². The third-order valence-corrected chi connectivity index (χ3v) is 2.03. The van der Waals surface area contributed by atoms with Gasteiger partial charge in [0.1, 0.15) is 10.8 Å². The van der Waals surface area contributed by atoms with Gasteiger partial charge in [-0.1, -0.05) is 11.6 Å². The van der Waals surface area contributed by atoms with Crippen molar-refractivity contribution in [2.45, 2.75) is 6.42 Å². The van der Waals surface area contributed by atoms with Gasteiger partial charge >= 0.3 is 0 Å². The normalized spacial score (nSPS) is 10.4. The molecule has 0 aliphatic carbocycles. The monoisotopic (exact) mass is 246 g/mol. The average Bonchev–Trinajstić information content (AvgIpc) is 2.28. The van der Waals surface area contributed by atoms with Crippen LogP contribution in [-0.2, 0) is 4.74 Å². The van der Waals surface area contributed by atoms with Crippen molar-refractivity contribution >= 4 is 23.4 Å². The van der Waals surface area contributed by atoms with E-state index < -0.39 is 0 Å². The number of hydrogen-bond donors (Lipinski definition) is 3. The molecule has 0 atom stereocenters. The van der Waals surface area contributed by atoms with Gasteiger partial charge in [0.25, 0.3) is 0 Å². The van der Waals surface area contributed by atoms with Crippen LogP contribution in [0.3, 0.4) is 0 Å². The Hall–Kier alpha value is -1.11. The second-order valence-corrected chi connectivity index (χ2v) is 3.45. The lowest BCUT2D eigenvalue weighted by Crippen LogP contribution is -2.09. The lowest BCUT2D eigenvalue weighted by atomic mass is 10.4. The van der Waals surface area contributed by atoms with Crippen LogP contribution in [0.1, 0.15) is 6.42 Å². The molecule has 4 N–H and O–H groups in total. The van der Waals surface area contributed by atoms with Crippen LogP contribution in [0, 0.1) is 0 Å². The first kappa shape index (κ1) is 13.0. The summed E-state index contributed by atoms with van der Waals surface area (Å²) in [5.74, 6) is 0.708. The summed E-state index contributed by atoms with van der Waals surface area (Å²) in [4.78, 5) is 7.70. The summed E-state index contributed by atoms with van der Waals surface area (Å²) in [7, 11) is 0. The molecule has 1 rings (SSSR count). The standard InChI is InChI=1S/C9H15ClN4O2/c10-7-6-13-9(11)14-8(7)12-2-1-4-16-5-3-15/h6,15H,1-5H2,(H3,11,12,13,14). The molecule has 0 unspecified atom stereocenters. The Labute approximate surface area is 98.8 Å². The largest absolute Gasteiger partial charge is 0.394 e. The number of nitrogens with two attached hydrogens (primary N) is 1. The molecule has 0 amide bonds. The number of anilines is 2.